The second-order valence-corrected chi connectivity index (χ2v) is 3.74. The second kappa shape index (κ2) is 3.51. The maximum absolute atomic E-state index is 9.05. The van der Waals surface area contributed by atoms with Crippen LogP contribution in [0.1, 0.15) is 11.4 Å². The van der Waals surface area contributed by atoms with Crippen LogP contribution in [0.3, 0.4) is 0 Å². The van der Waals surface area contributed by atoms with Crippen molar-refractivity contribution in [2.75, 3.05) is 18.4 Å². The Kier molecular flexibility index (Phi) is 2.01. The molecule has 0 saturated carbocycles. The lowest BCUT2D eigenvalue weighted by Crippen LogP contribution is -2.17. The van der Waals surface area contributed by atoms with Crippen LogP contribution in [0.15, 0.2) is 18.3 Å². The Labute approximate surface area is 92.7 Å². The Morgan fingerprint density at radius 1 is 1.44 bits per heavy atom. The van der Waals surface area contributed by atoms with Gasteiger partial charge in [-0.25, -0.2) is 4.98 Å². The van der Waals surface area contributed by atoms with E-state index in [1.54, 1.807) is 0 Å². The number of nitriles is 1. The maximum Gasteiger partial charge on any atom is 0.219 e. The Morgan fingerprint density at radius 3 is 3.25 bits per heavy atom. The third kappa shape index (κ3) is 1.24. The molecular weight excluding hydrogens is 202 g/mol. The minimum atomic E-state index is 0.424. The van der Waals surface area contributed by atoms with Crippen LogP contribution in [-0.4, -0.2) is 22.5 Å². The molecule has 16 heavy (non-hydrogen) atoms. The van der Waals surface area contributed by atoms with Crippen molar-refractivity contribution < 1.29 is 0 Å². The van der Waals surface area contributed by atoms with Gasteiger partial charge in [0.2, 0.25) is 5.82 Å². The molecule has 1 aliphatic rings. The predicted molar refractivity (Wildman–Crippen MR) is 60.1 cm³/mol. The van der Waals surface area contributed by atoms with Crippen LogP contribution in [0.5, 0.6) is 0 Å². The predicted octanol–water partition coefficient (Wildman–Crippen LogP) is 0.721. The zero-order chi connectivity index (χ0) is 11.0. The van der Waals surface area contributed by atoms with Gasteiger partial charge in [0.1, 0.15) is 11.9 Å². The number of nitrogens with one attached hydrogen (secondary N) is 2. The first-order valence-corrected chi connectivity index (χ1v) is 5.25. The highest BCUT2D eigenvalue weighted by Gasteiger charge is 2.14. The highest BCUT2D eigenvalue weighted by molar-refractivity contribution is 5.66. The quantitative estimate of drug-likeness (QED) is 0.676. The van der Waals surface area contributed by atoms with Crippen LogP contribution < -0.4 is 10.6 Å². The molecule has 80 valence electrons. The largest absolute Gasteiger partial charge is 0.368 e. The summed E-state index contributed by atoms with van der Waals surface area (Å²) in [6, 6.07) is 6.06. The zero-order valence-corrected chi connectivity index (χ0v) is 8.70. The van der Waals surface area contributed by atoms with Crippen LogP contribution in [0.25, 0.3) is 5.52 Å². The van der Waals surface area contributed by atoms with Gasteiger partial charge >= 0.3 is 0 Å². The number of anilines is 1. The fourth-order valence-electron chi connectivity index (χ4n) is 2.04. The fraction of sp³-hybridized carbons (Fsp3) is 0.273. The number of nitrogens with zero attached hydrogens (tertiary/aromatic N) is 3. The molecule has 0 fully saturated rings. The second-order valence-electron chi connectivity index (χ2n) is 3.74. The smallest absolute Gasteiger partial charge is 0.219 e. The van der Waals surface area contributed by atoms with Gasteiger partial charge in [-0.05, 0) is 12.1 Å². The van der Waals surface area contributed by atoms with E-state index in [1.165, 1.54) is 0 Å². The van der Waals surface area contributed by atoms with Gasteiger partial charge in [0, 0.05) is 31.4 Å². The minimum absolute atomic E-state index is 0.424. The van der Waals surface area contributed by atoms with E-state index < -0.39 is 0 Å². The van der Waals surface area contributed by atoms with Crippen LogP contribution >= 0.6 is 0 Å². The number of hydrogen-bond donors (Lipinski definition) is 2. The zero-order valence-electron chi connectivity index (χ0n) is 8.70. The van der Waals surface area contributed by atoms with Crippen molar-refractivity contribution >= 4 is 11.3 Å². The van der Waals surface area contributed by atoms with E-state index in [2.05, 4.69) is 21.7 Å². The van der Waals surface area contributed by atoms with Gasteiger partial charge in [-0.15, -0.1) is 0 Å². The summed E-state index contributed by atoms with van der Waals surface area (Å²) < 4.78 is 1.83. The number of aromatic nitrogens is 2. The third-order valence-corrected chi connectivity index (χ3v) is 2.79. The molecule has 3 rings (SSSR count). The van der Waals surface area contributed by atoms with Gasteiger partial charge in [-0.3, -0.25) is 4.40 Å². The summed E-state index contributed by atoms with van der Waals surface area (Å²) in [7, 11) is 0. The molecule has 0 radical (unpaired) electrons. The van der Waals surface area contributed by atoms with E-state index in [9.17, 15) is 0 Å². The monoisotopic (exact) mass is 213 g/mol. The lowest BCUT2D eigenvalue weighted by Gasteiger charge is -2.09. The van der Waals surface area contributed by atoms with Crippen molar-refractivity contribution in [2.45, 2.75) is 6.54 Å². The number of rotatable bonds is 0. The van der Waals surface area contributed by atoms with E-state index in [4.69, 9.17) is 5.26 Å². The summed E-state index contributed by atoms with van der Waals surface area (Å²) in [4.78, 5) is 4.34. The highest BCUT2D eigenvalue weighted by atomic mass is 15.1. The molecule has 0 amide bonds. The Bertz CT molecular complexity index is 578. The van der Waals surface area contributed by atoms with Crippen molar-refractivity contribution in [3.05, 3.63) is 29.7 Å². The highest BCUT2D eigenvalue weighted by Crippen LogP contribution is 2.22. The summed E-state index contributed by atoms with van der Waals surface area (Å²) in [6.07, 6.45) is 1.87. The topological polar surface area (TPSA) is 65.2 Å². The van der Waals surface area contributed by atoms with E-state index in [0.29, 0.717) is 5.82 Å². The molecule has 1 aliphatic heterocycles. The summed E-state index contributed by atoms with van der Waals surface area (Å²) >= 11 is 0. The fourth-order valence-corrected chi connectivity index (χ4v) is 2.04. The first-order valence-electron chi connectivity index (χ1n) is 5.25. The summed E-state index contributed by atoms with van der Waals surface area (Å²) in [5, 5.41) is 15.6. The SMILES string of the molecule is N#Cc1nc2c(c3cccn13)CNCCN2. The Hall–Kier alpha value is -2.06. The number of hydrogen-bond acceptors (Lipinski definition) is 4. The number of fused-ring (bicyclic) bond motifs is 3. The minimum Gasteiger partial charge on any atom is -0.368 e. The van der Waals surface area contributed by atoms with E-state index >= 15 is 0 Å². The average molecular weight is 213 g/mol. The van der Waals surface area contributed by atoms with Crippen LogP contribution in [-0.2, 0) is 6.54 Å². The molecule has 0 saturated heterocycles. The van der Waals surface area contributed by atoms with Crippen molar-refractivity contribution in [3.8, 4) is 6.07 Å². The Balaban J connectivity index is 2.33. The van der Waals surface area contributed by atoms with Gasteiger partial charge in [-0.2, -0.15) is 5.26 Å². The average Bonchev–Trinajstić information content (AvgIpc) is 2.67. The van der Waals surface area contributed by atoms with Crippen molar-refractivity contribution in [3.63, 3.8) is 0 Å². The summed E-state index contributed by atoms with van der Waals surface area (Å²) in [6.45, 7) is 2.53. The van der Waals surface area contributed by atoms with E-state index in [1.807, 2.05) is 22.7 Å². The molecule has 5 heteroatoms. The van der Waals surface area contributed by atoms with Crippen LogP contribution in [0.4, 0.5) is 5.82 Å². The molecule has 0 unspecified atom stereocenters. The molecule has 3 heterocycles. The molecule has 2 aromatic heterocycles. The first kappa shape index (κ1) is 9.19. The van der Waals surface area contributed by atoms with E-state index in [0.717, 1.165) is 36.5 Å². The summed E-state index contributed by atoms with van der Waals surface area (Å²) in [5.74, 6) is 1.25. The van der Waals surface area contributed by atoms with E-state index in [-0.39, 0.29) is 0 Å². The standard InChI is InChI=1S/C11H11N5/c12-6-10-15-11-8(7-13-3-4-14-11)9-2-1-5-16(9)10/h1-2,5,13-14H,3-4,7H2. The van der Waals surface area contributed by atoms with Gasteiger partial charge in [0.05, 0.1) is 5.52 Å². The molecular formula is C11H11N5. The van der Waals surface area contributed by atoms with Gasteiger partial charge < -0.3 is 10.6 Å². The normalized spacial score (nSPS) is 14.9. The maximum atomic E-state index is 9.05. The molecule has 2 N–H and O–H groups in total. The van der Waals surface area contributed by atoms with Crippen molar-refractivity contribution in [1.82, 2.24) is 14.7 Å². The van der Waals surface area contributed by atoms with Crippen molar-refractivity contribution in [1.29, 1.82) is 5.26 Å². The van der Waals surface area contributed by atoms with Gasteiger partial charge in [-0.1, -0.05) is 0 Å². The molecule has 2 aromatic rings. The third-order valence-electron chi connectivity index (χ3n) is 2.79. The molecule has 0 aromatic carbocycles. The molecule has 0 atom stereocenters. The first-order chi connectivity index (χ1) is 7.90. The molecule has 0 aliphatic carbocycles. The van der Waals surface area contributed by atoms with Crippen molar-refractivity contribution in [2.24, 2.45) is 0 Å². The Morgan fingerprint density at radius 2 is 2.38 bits per heavy atom. The molecule has 5 nitrogen and oxygen atoms in total. The summed E-state index contributed by atoms with van der Waals surface area (Å²) in [5.41, 5.74) is 2.17. The van der Waals surface area contributed by atoms with Crippen LogP contribution in [0, 0.1) is 11.3 Å². The lowest BCUT2D eigenvalue weighted by molar-refractivity contribution is 0.726. The van der Waals surface area contributed by atoms with Gasteiger partial charge in [0.15, 0.2) is 0 Å². The molecule has 0 spiro atoms. The van der Waals surface area contributed by atoms with Gasteiger partial charge in [0.25, 0.3) is 0 Å². The molecule has 0 bridgehead atoms. The lowest BCUT2D eigenvalue weighted by atomic mass is 10.2. The van der Waals surface area contributed by atoms with Crippen LogP contribution in [0.2, 0.25) is 0 Å².